The fourth-order valence-electron chi connectivity index (χ4n) is 8.26. The van der Waals surface area contributed by atoms with E-state index >= 15 is 4.39 Å². The molecule has 0 spiro atoms. The van der Waals surface area contributed by atoms with E-state index in [1.807, 2.05) is 6.92 Å². The van der Waals surface area contributed by atoms with E-state index < -0.39 is 27.6 Å². The maximum atomic E-state index is 15.6. The van der Waals surface area contributed by atoms with E-state index in [2.05, 4.69) is 29.8 Å². The first kappa shape index (κ1) is 20.3. The van der Waals surface area contributed by atoms with Crippen molar-refractivity contribution in [3.8, 4) is 0 Å². The van der Waals surface area contributed by atoms with E-state index in [1.165, 1.54) is 6.92 Å². The molecule has 3 nitrogen and oxygen atoms in total. The highest BCUT2D eigenvalue weighted by molar-refractivity contribution is 9.10. The molecule has 0 radical (unpaired) electrons. The van der Waals surface area contributed by atoms with Crippen molar-refractivity contribution in [2.24, 2.45) is 34.5 Å². The van der Waals surface area contributed by atoms with Gasteiger partial charge in [-0.15, -0.1) is 0 Å². The molecule has 2 N–H and O–H groups in total. The number of carbonyl (C=O) groups is 1. The van der Waals surface area contributed by atoms with Gasteiger partial charge in [-0.25, -0.2) is 4.39 Å². The summed E-state index contributed by atoms with van der Waals surface area (Å²) in [5, 5.41) is 21.7. The Balaban J connectivity index is 1.74. The van der Waals surface area contributed by atoms with Gasteiger partial charge < -0.3 is 10.2 Å². The minimum Gasteiger partial charge on any atom is -0.393 e. The molecule has 4 saturated carbocycles. The van der Waals surface area contributed by atoms with Crippen LogP contribution in [0, 0.1) is 34.5 Å². The summed E-state index contributed by atoms with van der Waals surface area (Å²) in [7, 11) is 0. The predicted molar refractivity (Wildman–Crippen MR) is 106 cm³/mol. The third-order valence-corrected chi connectivity index (χ3v) is 11.6. The number of aliphatic hydroxyl groups excluding tert-OH is 1. The maximum Gasteiger partial charge on any atom is 0.162 e. The summed E-state index contributed by atoms with van der Waals surface area (Å²) in [6, 6.07) is 0. The maximum absolute atomic E-state index is 15.6. The SMILES string of the molecule is CC(=O)[C@@]1(O)[C@H](C)C[C@H]2[C@@H]3C[C@@H](F)[C@@]4(Br)C[C@@H](O)CC[C@]4(C)[C@H]3CC[C@@]21C. The fourth-order valence-corrected chi connectivity index (χ4v) is 9.31. The Labute approximate surface area is 170 Å². The minimum atomic E-state index is -1.29. The summed E-state index contributed by atoms with van der Waals surface area (Å²) in [6.45, 7) is 7.80. The van der Waals surface area contributed by atoms with Crippen LogP contribution in [-0.4, -0.2) is 38.2 Å². The zero-order chi connectivity index (χ0) is 20.0. The average Bonchev–Trinajstić information content (AvgIpc) is 2.80. The summed E-state index contributed by atoms with van der Waals surface area (Å²) < 4.78 is 15.0. The molecule has 4 aliphatic rings. The van der Waals surface area contributed by atoms with Crippen molar-refractivity contribution >= 4 is 21.7 Å². The molecular weight excluding hydrogens is 411 g/mol. The van der Waals surface area contributed by atoms with E-state index in [0.29, 0.717) is 18.8 Å². The topological polar surface area (TPSA) is 57.5 Å². The number of carbonyl (C=O) groups excluding carboxylic acids is 1. The first-order valence-electron chi connectivity index (χ1n) is 10.7. The lowest BCUT2D eigenvalue weighted by Crippen LogP contribution is -2.66. The Kier molecular flexibility index (Phi) is 4.51. The molecule has 4 aliphatic carbocycles. The van der Waals surface area contributed by atoms with E-state index in [4.69, 9.17) is 0 Å². The van der Waals surface area contributed by atoms with E-state index in [9.17, 15) is 15.0 Å². The van der Waals surface area contributed by atoms with Crippen molar-refractivity contribution < 1.29 is 19.4 Å². The van der Waals surface area contributed by atoms with Crippen molar-refractivity contribution in [1.82, 2.24) is 0 Å². The molecule has 10 atom stereocenters. The van der Waals surface area contributed by atoms with Crippen LogP contribution in [0.1, 0.15) is 72.6 Å². The van der Waals surface area contributed by atoms with E-state index in [-0.39, 0.29) is 29.0 Å². The van der Waals surface area contributed by atoms with Crippen LogP contribution < -0.4 is 0 Å². The van der Waals surface area contributed by atoms with Gasteiger partial charge in [0.05, 0.1) is 10.4 Å². The second-order valence-electron chi connectivity index (χ2n) is 10.7. The zero-order valence-corrected chi connectivity index (χ0v) is 18.6. The molecule has 154 valence electrons. The van der Waals surface area contributed by atoms with Crippen molar-refractivity contribution in [2.45, 2.75) is 94.8 Å². The summed E-state index contributed by atoms with van der Waals surface area (Å²) in [5.41, 5.74) is -1.95. The lowest BCUT2D eigenvalue weighted by Gasteiger charge is -2.65. The Hall–Kier alpha value is -0.0000000000000000208. The van der Waals surface area contributed by atoms with Gasteiger partial charge in [-0.05, 0) is 81.0 Å². The highest BCUT2D eigenvalue weighted by Crippen LogP contribution is 2.71. The van der Waals surface area contributed by atoms with Crippen molar-refractivity contribution in [2.75, 3.05) is 0 Å². The third-order valence-electron chi connectivity index (χ3n) is 9.83. The molecule has 27 heavy (non-hydrogen) atoms. The van der Waals surface area contributed by atoms with Crippen LogP contribution in [0.3, 0.4) is 0 Å². The Morgan fingerprint density at radius 2 is 1.74 bits per heavy atom. The molecule has 0 bridgehead atoms. The minimum absolute atomic E-state index is 0.0848. The van der Waals surface area contributed by atoms with E-state index in [0.717, 1.165) is 32.1 Å². The number of hydrogen-bond donors (Lipinski definition) is 2. The Morgan fingerprint density at radius 3 is 2.37 bits per heavy atom. The summed E-state index contributed by atoms with van der Waals surface area (Å²) in [6.07, 6.45) is 3.60. The number of Topliss-reactive ketones (excluding diaryl/α,β-unsaturated/α-hetero) is 1. The second-order valence-corrected chi connectivity index (χ2v) is 12.1. The standard InChI is InChI=1S/C22H34BrFO3/c1-12-9-17-15-10-18(24)21(23)11-14(26)5-7-19(21,3)16(15)6-8-20(17,4)22(12,27)13(2)25/h12,14-18,26-27H,5-11H2,1-4H3/t12-,14+,15-,16+,17+,18-,19-,20+,21+,22+/m1/s1. The number of aliphatic hydroxyl groups is 2. The van der Waals surface area contributed by atoms with Crippen molar-refractivity contribution in [3.63, 3.8) is 0 Å². The molecular formula is C22H34BrFO3. The van der Waals surface area contributed by atoms with Crippen LogP contribution in [0.25, 0.3) is 0 Å². The molecule has 5 heteroatoms. The molecule has 4 fully saturated rings. The van der Waals surface area contributed by atoms with Gasteiger partial charge in [-0.3, -0.25) is 4.79 Å². The van der Waals surface area contributed by atoms with Crippen molar-refractivity contribution in [1.29, 1.82) is 0 Å². The van der Waals surface area contributed by atoms with E-state index in [1.54, 1.807) is 0 Å². The number of fused-ring (bicyclic) bond motifs is 5. The number of alkyl halides is 2. The molecule has 0 heterocycles. The fraction of sp³-hybridized carbons (Fsp3) is 0.955. The van der Waals surface area contributed by atoms with Gasteiger partial charge in [0.2, 0.25) is 0 Å². The average molecular weight is 445 g/mol. The summed E-state index contributed by atoms with van der Waals surface area (Å²) in [4.78, 5) is 12.5. The quantitative estimate of drug-likeness (QED) is 0.588. The van der Waals surface area contributed by atoms with Gasteiger partial charge >= 0.3 is 0 Å². The molecule has 0 unspecified atom stereocenters. The number of halogens is 2. The molecule has 4 rings (SSSR count). The molecule has 0 aromatic carbocycles. The van der Waals surface area contributed by atoms with Crippen LogP contribution in [-0.2, 0) is 4.79 Å². The lowest BCUT2D eigenvalue weighted by atomic mass is 9.43. The smallest absolute Gasteiger partial charge is 0.162 e. The largest absolute Gasteiger partial charge is 0.393 e. The van der Waals surface area contributed by atoms with Crippen LogP contribution in [0.2, 0.25) is 0 Å². The molecule has 0 aromatic heterocycles. The highest BCUT2D eigenvalue weighted by atomic mass is 79.9. The molecule has 0 amide bonds. The second kappa shape index (κ2) is 6.01. The predicted octanol–water partition coefficient (Wildman–Crippen LogP) is 4.42. The Morgan fingerprint density at radius 1 is 1.11 bits per heavy atom. The van der Waals surface area contributed by atoms with Crippen LogP contribution in [0.5, 0.6) is 0 Å². The van der Waals surface area contributed by atoms with Gasteiger partial charge in [0.1, 0.15) is 11.8 Å². The number of hydrogen-bond acceptors (Lipinski definition) is 3. The molecule has 0 saturated heterocycles. The van der Waals surface area contributed by atoms with Gasteiger partial charge in [0, 0.05) is 5.41 Å². The van der Waals surface area contributed by atoms with Gasteiger partial charge in [-0.1, -0.05) is 36.7 Å². The van der Waals surface area contributed by atoms with Gasteiger partial charge in [0.25, 0.3) is 0 Å². The van der Waals surface area contributed by atoms with Crippen molar-refractivity contribution in [3.05, 3.63) is 0 Å². The summed E-state index contributed by atoms with van der Waals surface area (Å²) >= 11 is 3.80. The van der Waals surface area contributed by atoms with Crippen LogP contribution in [0.4, 0.5) is 4.39 Å². The monoisotopic (exact) mass is 444 g/mol. The first-order valence-corrected chi connectivity index (χ1v) is 11.5. The van der Waals surface area contributed by atoms with Gasteiger partial charge in [0.15, 0.2) is 5.78 Å². The summed E-state index contributed by atoms with van der Waals surface area (Å²) in [5.74, 6) is 0.530. The first-order chi connectivity index (χ1) is 12.4. The molecule has 0 aliphatic heterocycles. The third kappa shape index (κ3) is 2.28. The number of ketones is 1. The molecule has 0 aromatic rings. The van der Waals surface area contributed by atoms with Crippen LogP contribution >= 0.6 is 15.9 Å². The van der Waals surface area contributed by atoms with Gasteiger partial charge in [-0.2, -0.15) is 0 Å². The number of rotatable bonds is 1. The highest BCUT2D eigenvalue weighted by Gasteiger charge is 2.71. The van der Waals surface area contributed by atoms with Crippen LogP contribution in [0.15, 0.2) is 0 Å². The Bertz CT molecular complexity index is 657. The zero-order valence-electron chi connectivity index (χ0n) is 17.0. The lowest BCUT2D eigenvalue weighted by molar-refractivity contribution is -0.177. The normalized spacial score (nSPS) is 60.3.